The molecule has 4 nitrogen and oxygen atoms in total. The second-order valence-corrected chi connectivity index (χ2v) is 4.81. The van der Waals surface area contributed by atoms with Crippen LogP contribution in [0.4, 0.5) is 0 Å². The zero-order chi connectivity index (χ0) is 11.4. The Balaban J connectivity index is 1.66. The molecule has 2 saturated heterocycles. The van der Waals surface area contributed by atoms with E-state index in [-0.39, 0.29) is 6.04 Å². The maximum atomic E-state index is 11.0. The van der Waals surface area contributed by atoms with E-state index in [1.807, 2.05) is 0 Å². The zero-order valence-corrected chi connectivity index (χ0v) is 9.73. The molecule has 0 aromatic rings. The molecule has 0 bridgehead atoms. The summed E-state index contributed by atoms with van der Waals surface area (Å²) in [6, 6.07) is -0.232. The molecule has 0 radical (unpaired) electrons. The van der Waals surface area contributed by atoms with Gasteiger partial charge in [0.15, 0.2) is 0 Å². The van der Waals surface area contributed by atoms with Crippen LogP contribution in [0.25, 0.3) is 0 Å². The largest absolute Gasteiger partial charge is 0.480 e. The first kappa shape index (κ1) is 11.9. The van der Waals surface area contributed by atoms with Crippen molar-refractivity contribution in [2.75, 3.05) is 19.7 Å². The lowest BCUT2D eigenvalue weighted by Gasteiger charge is -2.21. The van der Waals surface area contributed by atoms with Crippen molar-refractivity contribution < 1.29 is 14.6 Å². The molecule has 4 heteroatoms. The highest BCUT2D eigenvalue weighted by Gasteiger charge is 2.29. The number of aliphatic carboxylic acids is 1. The Labute approximate surface area is 96.6 Å². The van der Waals surface area contributed by atoms with E-state index in [9.17, 15) is 4.79 Å². The summed E-state index contributed by atoms with van der Waals surface area (Å²) in [6.07, 6.45) is 6.80. The highest BCUT2D eigenvalue weighted by atomic mass is 16.5. The molecule has 2 atom stereocenters. The average molecular weight is 227 g/mol. The number of hydrogen-bond acceptors (Lipinski definition) is 3. The minimum absolute atomic E-state index is 0.232. The minimum atomic E-state index is -0.658. The number of carboxylic acids is 1. The first-order chi connectivity index (χ1) is 7.77. The van der Waals surface area contributed by atoms with Gasteiger partial charge < -0.3 is 9.84 Å². The molecule has 0 saturated carbocycles. The van der Waals surface area contributed by atoms with Crippen molar-refractivity contribution in [3.63, 3.8) is 0 Å². The Hall–Kier alpha value is -0.610. The number of hydrogen-bond donors (Lipinski definition) is 1. The molecule has 0 aliphatic carbocycles. The predicted molar refractivity (Wildman–Crippen MR) is 60.4 cm³/mol. The van der Waals surface area contributed by atoms with E-state index in [1.54, 1.807) is 0 Å². The van der Waals surface area contributed by atoms with Crippen LogP contribution in [0.3, 0.4) is 0 Å². The standard InChI is InChI=1S/C12H21NO3/c14-12(15)11-6-2-8-13(11)7-1-4-10-5-3-9-16-10/h10-11H,1-9H2,(H,14,15). The first-order valence-corrected chi connectivity index (χ1v) is 6.36. The highest BCUT2D eigenvalue weighted by molar-refractivity contribution is 5.73. The van der Waals surface area contributed by atoms with Crippen LogP contribution in [0.5, 0.6) is 0 Å². The monoisotopic (exact) mass is 227 g/mol. The Morgan fingerprint density at radius 1 is 1.38 bits per heavy atom. The summed E-state index contributed by atoms with van der Waals surface area (Å²) >= 11 is 0. The van der Waals surface area contributed by atoms with Crippen LogP contribution in [0.15, 0.2) is 0 Å². The molecular formula is C12H21NO3. The first-order valence-electron chi connectivity index (χ1n) is 6.36. The van der Waals surface area contributed by atoms with Gasteiger partial charge in [-0.25, -0.2) is 0 Å². The lowest BCUT2D eigenvalue weighted by Crippen LogP contribution is -2.36. The second kappa shape index (κ2) is 5.64. The van der Waals surface area contributed by atoms with Crippen molar-refractivity contribution in [3.05, 3.63) is 0 Å². The number of likely N-dealkylation sites (tertiary alicyclic amines) is 1. The molecule has 2 rings (SSSR count). The van der Waals surface area contributed by atoms with Crippen LogP contribution in [0.1, 0.15) is 38.5 Å². The fraction of sp³-hybridized carbons (Fsp3) is 0.917. The quantitative estimate of drug-likeness (QED) is 0.773. The Bertz CT molecular complexity index is 238. The molecule has 0 amide bonds. The Morgan fingerprint density at radius 3 is 2.94 bits per heavy atom. The third-order valence-corrected chi connectivity index (χ3v) is 3.64. The highest BCUT2D eigenvalue weighted by Crippen LogP contribution is 2.20. The van der Waals surface area contributed by atoms with Crippen LogP contribution in [-0.2, 0) is 9.53 Å². The molecule has 92 valence electrons. The van der Waals surface area contributed by atoms with Gasteiger partial charge in [-0.2, -0.15) is 0 Å². The Morgan fingerprint density at radius 2 is 2.25 bits per heavy atom. The summed E-state index contributed by atoms with van der Waals surface area (Å²) in [7, 11) is 0. The molecular weight excluding hydrogens is 206 g/mol. The van der Waals surface area contributed by atoms with E-state index < -0.39 is 5.97 Å². The summed E-state index contributed by atoms with van der Waals surface area (Å²) in [6.45, 7) is 2.77. The number of carbonyl (C=O) groups is 1. The van der Waals surface area contributed by atoms with E-state index in [1.165, 1.54) is 12.8 Å². The summed E-state index contributed by atoms with van der Waals surface area (Å²) < 4.78 is 5.56. The number of carboxylic acid groups (broad SMARTS) is 1. The van der Waals surface area contributed by atoms with Crippen molar-refractivity contribution in [1.82, 2.24) is 4.90 Å². The molecule has 0 spiro atoms. The van der Waals surface area contributed by atoms with Gasteiger partial charge in [-0.15, -0.1) is 0 Å². The van der Waals surface area contributed by atoms with Crippen molar-refractivity contribution in [1.29, 1.82) is 0 Å². The predicted octanol–water partition coefficient (Wildman–Crippen LogP) is 1.49. The van der Waals surface area contributed by atoms with Crippen LogP contribution in [0, 0.1) is 0 Å². The Kier molecular flexibility index (Phi) is 4.18. The molecule has 2 heterocycles. The van der Waals surface area contributed by atoms with Gasteiger partial charge >= 0.3 is 5.97 Å². The number of ether oxygens (including phenoxy) is 1. The summed E-state index contributed by atoms with van der Waals surface area (Å²) in [5, 5.41) is 9.03. The smallest absolute Gasteiger partial charge is 0.320 e. The fourth-order valence-electron chi connectivity index (χ4n) is 2.77. The molecule has 2 aliphatic heterocycles. The fourth-order valence-corrected chi connectivity index (χ4v) is 2.77. The molecule has 2 unspecified atom stereocenters. The molecule has 0 aromatic heterocycles. The maximum Gasteiger partial charge on any atom is 0.320 e. The lowest BCUT2D eigenvalue weighted by molar-refractivity contribution is -0.142. The minimum Gasteiger partial charge on any atom is -0.480 e. The van der Waals surface area contributed by atoms with E-state index in [4.69, 9.17) is 9.84 Å². The SMILES string of the molecule is O=C(O)C1CCCN1CCCC1CCCO1. The van der Waals surface area contributed by atoms with Crippen LogP contribution < -0.4 is 0 Å². The van der Waals surface area contributed by atoms with Crippen molar-refractivity contribution >= 4 is 5.97 Å². The number of nitrogens with zero attached hydrogens (tertiary/aromatic N) is 1. The topological polar surface area (TPSA) is 49.8 Å². The van der Waals surface area contributed by atoms with E-state index in [0.717, 1.165) is 45.4 Å². The van der Waals surface area contributed by atoms with Crippen LogP contribution in [-0.4, -0.2) is 47.8 Å². The van der Waals surface area contributed by atoms with Gasteiger partial charge in [-0.05, 0) is 51.6 Å². The zero-order valence-electron chi connectivity index (χ0n) is 9.73. The van der Waals surface area contributed by atoms with Gasteiger partial charge in [0.1, 0.15) is 6.04 Å². The van der Waals surface area contributed by atoms with E-state index in [0.29, 0.717) is 6.10 Å². The van der Waals surface area contributed by atoms with E-state index in [2.05, 4.69) is 4.90 Å². The van der Waals surface area contributed by atoms with Gasteiger partial charge in [0.25, 0.3) is 0 Å². The van der Waals surface area contributed by atoms with Crippen LogP contribution >= 0.6 is 0 Å². The molecule has 0 aromatic carbocycles. The van der Waals surface area contributed by atoms with Gasteiger partial charge in [-0.3, -0.25) is 9.69 Å². The van der Waals surface area contributed by atoms with Gasteiger partial charge in [-0.1, -0.05) is 0 Å². The summed E-state index contributed by atoms with van der Waals surface area (Å²) in [4.78, 5) is 13.1. The third-order valence-electron chi connectivity index (χ3n) is 3.64. The van der Waals surface area contributed by atoms with E-state index >= 15 is 0 Å². The summed E-state index contributed by atoms with van der Waals surface area (Å²) in [5.41, 5.74) is 0. The third kappa shape index (κ3) is 2.95. The average Bonchev–Trinajstić information content (AvgIpc) is 2.87. The van der Waals surface area contributed by atoms with Crippen molar-refractivity contribution in [2.24, 2.45) is 0 Å². The van der Waals surface area contributed by atoms with Crippen molar-refractivity contribution in [2.45, 2.75) is 50.7 Å². The van der Waals surface area contributed by atoms with Crippen LogP contribution in [0.2, 0.25) is 0 Å². The summed E-state index contributed by atoms with van der Waals surface area (Å²) in [5.74, 6) is -0.658. The van der Waals surface area contributed by atoms with Crippen molar-refractivity contribution in [3.8, 4) is 0 Å². The van der Waals surface area contributed by atoms with Gasteiger partial charge in [0.05, 0.1) is 6.10 Å². The van der Waals surface area contributed by atoms with Gasteiger partial charge in [0.2, 0.25) is 0 Å². The van der Waals surface area contributed by atoms with Gasteiger partial charge in [0, 0.05) is 6.61 Å². The maximum absolute atomic E-state index is 11.0. The molecule has 1 N–H and O–H groups in total. The lowest BCUT2D eigenvalue weighted by atomic mass is 10.1. The second-order valence-electron chi connectivity index (χ2n) is 4.81. The molecule has 2 fully saturated rings. The normalized spacial score (nSPS) is 31.0. The molecule has 2 aliphatic rings. The molecule has 16 heavy (non-hydrogen) atoms. The number of rotatable bonds is 5.